The van der Waals surface area contributed by atoms with Gasteiger partial charge in [-0.25, -0.2) is 0 Å². The molecule has 1 saturated carbocycles. The molecule has 1 fully saturated rings. The normalized spacial score (nSPS) is 15.7. The van der Waals surface area contributed by atoms with Crippen LogP contribution in [0.25, 0.3) is 0 Å². The van der Waals surface area contributed by atoms with E-state index in [2.05, 4.69) is 5.32 Å². The highest BCUT2D eigenvalue weighted by atomic mass is 16.5. The fourth-order valence-electron chi connectivity index (χ4n) is 2.13. The van der Waals surface area contributed by atoms with Gasteiger partial charge in [0.15, 0.2) is 0 Å². The molecule has 20 heavy (non-hydrogen) atoms. The highest BCUT2D eigenvalue weighted by Crippen LogP contribution is 2.48. The lowest BCUT2D eigenvalue weighted by Gasteiger charge is -2.11. The summed E-state index contributed by atoms with van der Waals surface area (Å²) in [7, 11) is 0. The van der Waals surface area contributed by atoms with Crippen LogP contribution in [0, 0.1) is 0 Å². The summed E-state index contributed by atoms with van der Waals surface area (Å²) in [6, 6.07) is 7.00. The van der Waals surface area contributed by atoms with Gasteiger partial charge >= 0.3 is 5.97 Å². The number of nitrogens with one attached hydrogen (secondary N) is 1. The van der Waals surface area contributed by atoms with Gasteiger partial charge in [-0.05, 0) is 37.0 Å². The highest BCUT2D eigenvalue weighted by molar-refractivity contribution is 5.92. The van der Waals surface area contributed by atoms with Gasteiger partial charge in [0.1, 0.15) is 6.61 Å². The number of carbonyl (C=O) groups excluding carboxylic acids is 1. The highest BCUT2D eigenvalue weighted by Gasteiger charge is 2.51. The Labute approximate surface area is 117 Å². The predicted molar refractivity (Wildman–Crippen MR) is 74.7 cm³/mol. The molecule has 0 spiro atoms. The van der Waals surface area contributed by atoms with E-state index in [1.807, 2.05) is 6.92 Å². The summed E-state index contributed by atoms with van der Waals surface area (Å²) in [5.74, 6) is -0.979. The molecule has 1 amide bonds. The molecule has 108 valence electrons. The first-order valence-corrected chi connectivity index (χ1v) is 6.80. The number of amides is 1. The Kier molecular flexibility index (Phi) is 4.39. The number of benzene rings is 1. The monoisotopic (exact) mass is 277 g/mol. The number of carboxylic acids is 1. The Morgan fingerprint density at radius 1 is 1.30 bits per heavy atom. The van der Waals surface area contributed by atoms with Crippen molar-refractivity contribution in [2.45, 2.75) is 31.6 Å². The van der Waals surface area contributed by atoms with Crippen LogP contribution in [0.5, 0.6) is 0 Å². The van der Waals surface area contributed by atoms with Crippen molar-refractivity contribution in [3.63, 3.8) is 0 Å². The minimum Gasteiger partial charge on any atom is -0.481 e. The number of carbonyl (C=O) groups is 2. The Bertz CT molecular complexity index is 491. The molecule has 2 N–H and O–H groups in total. The molecule has 0 unspecified atom stereocenters. The molecule has 0 heterocycles. The maximum atomic E-state index is 11.6. The second-order valence-corrected chi connectivity index (χ2v) is 5.07. The quantitative estimate of drug-likeness (QED) is 0.749. The first-order valence-electron chi connectivity index (χ1n) is 6.80. The van der Waals surface area contributed by atoms with E-state index in [-0.39, 0.29) is 12.5 Å². The molecule has 0 bridgehead atoms. The lowest BCUT2D eigenvalue weighted by Crippen LogP contribution is -2.20. The van der Waals surface area contributed by atoms with Crippen LogP contribution >= 0.6 is 0 Å². The van der Waals surface area contributed by atoms with Crippen LogP contribution in [0.2, 0.25) is 0 Å². The van der Waals surface area contributed by atoms with E-state index in [0.29, 0.717) is 25.1 Å². The largest absolute Gasteiger partial charge is 0.481 e. The van der Waals surface area contributed by atoms with Crippen molar-refractivity contribution < 1.29 is 19.4 Å². The smallest absolute Gasteiger partial charge is 0.314 e. The Balaban J connectivity index is 1.92. The van der Waals surface area contributed by atoms with Crippen LogP contribution in [0.15, 0.2) is 24.3 Å². The molecule has 1 aromatic rings. The summed E-state index contributed by atoms with van der Waals surface area (Å²) in [6.07, 6.45) is 2.23. The summed E-state index contributed by atoms with van der Waals surface area (Å²) < 4.78 is 5.15. The Morgan fingerprint density at radius 3 is 2.45 bits per heavy atom. The molecule has 0 aromatic heterocycles. The van der Waals surface area contributed by atoms with Crippen LogP contribution in [-0.2, 0) is 19.7 Å². The third kappa shape index (κ3) is 3.17. The van der Waals surface area contributed by atoms with E-state index in [9.17, 15) is 14.7 Å². The summed E-state index contributed by atoms with van der Waals surface area (Å²) in [6.45, 7) is 2.58. The second-order valence-electron chi connectivity index (χ2n) is 5.07. The molecule has 5 nitrogen and oxygen atoms in total. The Morgan fingerprint density at radius 2 is 1.95 bits per heavy atom. The number of anilines is 1. The number of hydrogen-bond donors (Lipinski definition) is 2. The van der Waals surface area contributed by atoms with Gasteiger partial charge in [0, 0.05) is 12.3 Å². The van der Waals surface area contributed by atoms with Crippen LogP contribution in [0.1, 0.15) is 31.7 Å². The minimum atomic E-state index is -0.776. The van der Waals surface area contributed by atoms with Crippen molar-refractivity contribution in [2.75, 3.05) is 18.5 Å². The van der Waals surface area contributed by atoms with Crippen molar-refractivity contribution in [1.82, 2.24) is 0 Å². The van der Waals surface area contributed by atoms with E-state index in [0.717, 1.165) is 12.0 Å². The van der Waals surface area contributed by atoms with E-state index in [1.54, 1.807) is 24.3 Å². The lowest BCUT2D eigenvalue weighted by atomic mass is 9.96. The standard InChI is InChI=1S/C15H19NO4/c1-2-9-20-10-13(17)16-12-5-3-11(4-6-12)15(7-8-15)14(18)19/h3-6H,2,7-10H2,1H3,(H,16,17)(H,18,19). The fourth-order valence-corrected chi connectivity index (χ4v) is 2.13. The fraction of sp³-hybridized carbons (Fsp3) is 0.467. The number of aliphatic carboxylic acids is 1. The zero-order valence-electron chi connectivity index (χ0n) is 11.5. The zero-order chi connectivity index (χ0) is 14.6. The van der Waals surface area contributed by atoms with Gasteiger partial charge < -0.3 is 15.2 Å². The first kappa shape index (κ1) is 14.5. The second kappa shape index (κ2) is 6.05. The maximum absolute atomic E-state index is 11.6. The Hall–Kier alpha value is -1.88. The number of ether oxygens (including phenoxy) is 1. The van der Waals surface area contributed by atoms with Gasteiger partial charge in [-0.1, -0.05) is 19.1 Å². The molecule has 1 aliphatic carbocycles. The molecular weight excluding hydrogens is 258 g/mol. The van der Waals surface area contributed by atoms with Crippen molar-refractivity contribution in [3.8, 4) is 0 Å². The van der Waals surface area contributed by atoms with Crippen molar-refractivity contribution in [2.24, 2.45) is 0 Å². The molecule has 1 aromatic carbocycles. The van der Waals surface area contributed by atoms with Crippen molar-refractivity contribution in [3.05, 3.63) is 29.8 Å². The topological polar surface area (TPSA) is 75.6 Å². The SMILES string of the molecule is CCCOCC(=O)Nc1ccc(C2(C(=O)O)CC2)cc1. The predicted octanol–water partition coefficient (Wildman–Crippen LogP) is 2.17. The van der Waals surface area contributed by atoms with Gasteiger partial charge in [-0.15, -0.1) is 0 Å². The van der Waals surface area contributed by atoms with Gasteiger partial charge in [0.25, 0.3) is 0 Å². The summed E-state index contributed by atoms with van der Waals surface area (Å²) in [5, 5.41) is 11.9. The van der Waals surface area contributed by atoms with Crippen LogP contribution in [0.3, 0.4) is 0 Å². The van der Waals surface area contributed by atoms with E-state index < -0.39 is 11.4 Å². The molecule has 5 heteroatoms. The summed E-state index contributed by atoms with van der Waals surface area (Å²) in [5.41, 5.74) is 0.748. The molecule has 0 saturated heterocycles. The number of hydrogen-bond acceptors (Lipinski definition) is 3. The molecule has 1 aliphatic rings. The lowest BCUT2D eigenvalue weighted by molar-refractivity contribution is -0.140. The summed E-state index contributed by atoms with van der Waals surface area (Å²) in [4.78, 5) is 22.8. The molecular formula is C15H19NO4. The average molecular weight is 277 g/mol. The van der Waals surface area contributed by atoms with E-state index in [1.165, 1.54) is 0 Å². The van der Waals surface area contributed by atoms with E-state index >= 15 is 0 Å². The molecule has 0 aliphatic heterocycles. The maximum Gasteiger partial charge on any atom is 0.314 e. The molecule has 0 atom stereocenters. The van der Waals surface area contributed by atoms with Crippen molar-refractivity contribution >= 4 is 17.6 Å². The van der Waals surface area contributed by atoms with Crippen LogP contribution < -0.4 is 5.32 Å². The van der Waals surface area contributed by atoms with E-state index in [4.69, 9.17) is 4.74 Å². The average Bonchev–Trinajstić information content (AvgIpc) is 3.21. The minimum absolute atomic E-state index is 0.0364. The van der Waals surface area contributed by atoms with Crippen molar-refractivity contribution in [1.29, 1.82) is 0 Å². The number of rotatable bonds is 7. The molecule has 2 rings (SSSR count). The van der Waals surface area contributed by atoms with Gasteiger partial charge in [0.05, 0.1) is 5.41 Å². The third-order valence-electron chi connectivity index (χ3n) is 3.46. The summed E-state index contributed by atoms with van der Waals surface area (Å²) >= 11 is 0. The molecule has 0 radical (unpaired) electrons. The van der Waals surface area contributed by atoms with Gasteiger partial charge in [-0.2, -0.15) is 0 Å². The first-order chi connectivity index (χ1) is 9.58. The zero-order valence-corrected chi connectivity index (χ0v) is 11.5. The van der Waals surface area contributed by atoms with Gasteiger partial charge in [0.2, 0.25) is 5.91 Å². The third-order valence-corrected chi connectivity index (χ3v) is 3.46. The van der Waals surface area contributed by atoms with Gasteiger partial charge in [-0.3, -0.25) is 9.59 Å². The van der Waals surface area contributed by atoms with Crippen LogP contribution in [0.4, 0.5) is 5.69 Å². The van der Waals surface area contributed by atoms with Crippen LogP contribution in [-0.4, -0.2) is 30.2 Å². The number of carboxylic acid groups (broad SMARTS) is 1.